The molecule has 0 radical (unpaired) electrons. The van der Waals surface area contributed by atoms with Crippen molar-refractivity contribution in [3.05, 3.63) is 81.3 Å². The van der Waals surface area contributed by atoms with E-state index in [-0.39, 0.29) is 5.82 Å². The third-order valence-corrected chi connectivity index (χ3v) is 5.04. The molecule has 0 spiro atoms. The van der Waals surface area contributed by atoms with Gasteiger partial charge in [0.1, 0.15) is 16.8 Å². The van der Waals surface area contributed by atoms with Crippen LogP contribution in [0.5, 0.6) is 0 Å². The predicted molar refractivity (Wildman–Crippen MR) is 103 cm³/mol. The van der Waals surface area contributed by atoms with Crippen LogP contribution in [0.4, 0.5) is 4.39 Å². The number of rotatable bonds is 3. The van der Waals surface area contributed by atoms with Crippen LogP contribution in [0.1, 0.15) is 5.56 Å². The van der Waals surface area contributed by atoms with Crippen LogP contribution < -0.4 is 0 Å². The molecule has 2 aromatic carbocycles. The van der Waals surface area contributed by atoms with Crippen LogP contribution in [0.15, 0.2) is 54.7 Å². The van der Waals surface area contributed by atoms with E-state index in [0.29, 0.717) is 38.6 Å². The fourth-order valence-electron chi connectivity index (χ4n) is 2.86. The molecule has 4 aromatic rings. The minimum absolute atomic E-state index is 0.297. The number of benzene rings is 2. The lowest BCUT2D eigenvalue weighted by Crippen LogP contribution is -2.03. The Balaban J connectivity index is 1.97. The molecule has 0 amide bonds. The van der Waals surface area contributed by atoms with E-state index in [2.05, 4.69) is 9.97 Å². The van der Waals surface area contributed by atoms with Crippen molar-refractivity contribution in [1.29, 1.82) is 0 Å². The topological polar surface area (TPSA) is 30.7 Å². The highest BCUT2D eigenvalue weighted by Crippen LogP contribution is 2.33. The third-order valence-electron chi connectivity index (χ3n) is 4.02. The Bertz CT molecular complexity index is 1120. The Morgan fingerprint density at radius 2 is 1.77 bits per heavy atom. The first-order valence-electron chi connectivity index (χ1n) is 7.73. The predicted octanol–water partition coefficient (Wildman–Crippen LogP) is 6.25. The normalized spacial score (nSPS) is 11.2. The molecule has 0 aliphatic rings. The molecule has 0 unspecified atom stereocenters. The van der Waals surface area contributed by atoms with Crippen LogP contribution in [0.2, 0.25) is 15.2 Å². The van der Waals surface area contributed by atoms with E-state index >= 15 is 0 Å². The zero-order valence-corrected chi connectivity index (χ0v) is 15.5. The van der Waals surface area contributed by atoms with E-state index in [9.17, 15) is 4.39 Å². The second kappa shape index (κ2) is 6.88. The molecule has 0 bridgehead atoms. The minimum Gasteiger partial charge on any atom is -0.319 e. The van der Waals surface area contributed by atoms with Crippen molar-refractivity contribution in [2.24, 2.45) is 0 Å². The summed E-state index contributed by atoms with van der Waals surface area (Å²) in [6.45, 7) is 0.396. The maximum Gasteiger partial charge on any atom is 0.144 e. The summed E-state index contributed by atoms with van der Waals surface area (Å²) in [4.78, 5) is 8.79. The maximum absolute atomic E-state index is 13.6. The van der Waals surface area contributed by atoms with Gasteiger partial charge in [-0.3, -0.25) is 0 Å². The number of aromatic nitrogens is 3. The number of halogens is 4. The van der Waals surface area contributed by atoms with Crippen molar-refractivity contribution >= 4 is 45.8 Å². The molecule has 26 heavy (non-hydrogen) atoms. The fourth-order valence-corrected chi connectivity index (χ4v) is 3.38. The van der Waals surface area contributed by atoms with Crippen molar-refractivity contribution in [1.82, 2.24) is 14.5 Å². The zero-order valence-electron chi connectivity index (χ0n) is 13.3. The lowest BCUT2D eigenvalue weighted by atomic mass is 10.2. The van der Waals surface area contributed by atoms with Gasteiger partial charge in [-0.1, -0.05) is 46.9 Å². The van der Waals surface area contributed by atoms with Gasteiger partial charge in [0.25, 0.3) is 0 Å². The van der Waals surface area contributed by atoms with Gasteiger partial charge in [-0.25, -0.2) is 14.4 Å². The van der Waals surface area contributed by atoms with Crippen molar-refractivity contribution in [3.8, 4) is 11.4 Å². The maximum atomic E-state index is 13.6. The molecular formula is C19H11Cl3FN3. The second-order valence-corrected chi connectivity index (χ2v) is 6.92. The second-order valence-electron chi connectivity index (χ2n) is 5.75. The lowest BCUT2D eigenvalue weighted by molar-refractivity contribution is 0.624. The van der Waals surface area contributed by atoms with Gasteiger partial charge in [0.15, 0.2) is 0 Å². The molecule has 7 heteroatoms. The Kier molecular flexibility index (Phi) is 4.57. The summed E-state index contributed by atoms with van der Waals surface area (Å²) >= 11 is 18.6. The average molecular weight is 407 g/mol. The Labute approximate surface area is 164 Å². The molecule has 0 aliphatic heterocycles. The summed E-state index contributed by atoms with van der Waals surface area (Å²) in [6, 6.07) is 13.5. The molecule has 0 atom stereocenters. The number of fused-ring (bicyclic) bond motifs is 1. The first-order chi connectivity index (χ1) is 12.5. The average Bonchev–Trinajstić information content (AvgIpc) is 2.93. The number of nitrogens with zero attached hydrogens (tertiary/aromatic N) is 3. The Morgan fingerprint density at radius 3 is 2.54 bits per heavy atom. The smallest absolute Gasteiger partial charge is 0.144 e. The van der Waals surface area contributed by atoms with Gasteiger partial charge in [-0.2, -0.15) is 0 Å². The van der Waals surface area contributed by atoms with Crippen molar-refractivity contribution in [3.63, 3.8) is 0 Å². The molecule has 0 saturated carbocycles. The first kappa shape index (κ1) is 17.3. The molecule has 0 N–H and O–H groups in total. The largest absolute Gasteiger partial charge is 0.319 e. The number of hydrogen-bond donors (Lipinski definition) is 0. The van der Waals surface area contributed by atoms with Gasteiger partial charge >= 0.3 is 0 Å². The van der Waals surface area contributed by atoms with Gasteiger partial charge in [0.05, 0.1) is 26.6 Å². The molecule has 4 rings (SSSR count). The van der Waals surface area contributed by atoms with Gasteiger partial charge in [0, 0.05) is 12.7 Å². The van der Waals surface area contributed by atoms with Gasteiger partial charge < -0.3 is 4.57 Å². The summed E-state index contributed by atoms with van der Waals surface area (Å²) in [5.41, 5.74) is 2.91. The standard InChI is InChI=1S/C19H11Cl3FN3/c20-14-8-16-17(9-15(14)21)26(10-11-3-1-4-12(23)7-11)19(25-16)13-5-2-6-24-18(13)22/h1-9H,10H2. The third kappa shape index (κ3) is 3.16. The summed E-state index contributed by atoms with van der Waals surface area (Å²) in [5, 5.41) is 1.17. The van der Waals surface area contributed by atoms with Crippen LogP contribution >= 0.6 is 34.8 Å². The van der Waals surface area contributed by atoms with Crippen molar-refractivity contribution < 1.29 is 4.39 Å². The molecule has 3 nitrogen and oxygen atoms in total. The Morgan fingerprint density at radius 1 is 0.962 bits per heavy atom. The highest BCUT2D eigenvalue weighted by Gasteiger charge is 2.17. The molecule has 0 saturated heterocycles. The van der Waals surface area contributed by atoms with Crippen molar-refractivity contribution in [2.45, 2.75) is 6.54 Å². The molecule has 2 heterocycles. The molecule has 2 aromatic heterocycles. The number of hydrogen-bond acceptors (Lipinski definition) is 2. The van der Waals surface area contributed by atoms with E-state index in [1.807, 2.05) is 16.7 Å². The minimum atomic E-state index is -0.297. The van der Waals surface area contributed by atoms with Gasteiger partial charge in [-0.05, 0) is 42.0 Å². The van der Waals surface area contributed by atoms with E-state index in [1.54, 1.807) is 30.5 Å². The van der Waals surface area contributed by atoms with E-state index in [0.717, 1.165) is 11.1 Å². The Hall–Kier alpha value is -2.14. The van der Waals surface area contributed by atoms with Crippen LogP contribution in [-0.4, -0.2) is 14.5 Å². The van der Waals surface area contributed by atoms with Crippen molar-refractivity contribution in [2.75, 3.05) is 0 Å². The molecule has 130 valence electrons. The van der Waals surface area contributed by atoms with Crippen LogP contribution in [0, 0.1) is 5.82 Å². The van der Waals surface area contributed by atoms with E-state index in [1.165, 1.54) is 12.1 Å². The molecule has 0 aliphatic carbocycles. The monoisotopic (exact) mass is 405 g/mol. The first-order valence-corrected chi connectivity index (χ1v) is 8.87. The summed E-state index contributed by atoms with van der Waals surface area (Å²) < 4.78 is 15.5. The quantitative estimate of drug-likeness (QED) is 0.377. The van der Waals surface area contributed by atoms with E-state index in [4.69, 9.17) is 34.8 Å². The lowest BCUT2D eigenvalue weighted by Gasteiger charge is -2.11. The number of pyridine rings is 1. The van der Waals surface area contributed by atoms with Gasteiger partial charge in [-0.15, -0.1) is 0 Å². The zero-order chi connectivity index (χ0) is 18.3. The fraction of sp³-hybridized carbons (Fsp3) is 0.0526. The molecule has 0 fully saturated rings. The summed E-state index contributed by atoms with van der Waals surface area (Å²) in [5.74, 6) is 0.314. The van der Waals surface area contributed by atoms with Gasteiger partial charge in [0.2, 0.25) is 0 Å². The summed E-state index contributed by atoms with van der Waals surface area (Å²) in [6.07, 6.45) is 1.61. The SMILES string of the molecule is Fc1cccc(Cn2c(-c3cccnc3Cl)nc3cc(Cl)c(Cl)cc32)c1. The number of imidazole rings is 1. The molecular weight excluding hydrogens is 396 g/mol. The van der Waals surface area contributed by atoms with Crippen LogP contribution in [0.3, 0.4) is 0 Å². The van der Waals surface area contributed by atoms with E-state index < -0.39 is 0 Å². The summed E-state index contributed by atoms with van der Waals surface area (Å²) in [7, 11) is 0. The van der Waals surface area contributed by atoms with Crippen LogP contribution in [-0.2, 0) is 6.54 Å². The highest BCUT2D eigenvalue weighted by molar-refractivity contribution is 6.42. The van der Waals surface area contributed by atoms with Crippen LogP contribution in [0.25, 0.3) is 22.4 Å². The highest BCUT2D eigenvalue weighted by atomic mass is 35.5.